The Balaban J connectivity index is 1.75. The van der Waals surface area contributed by atoms with Crippen molar-refractivity contribution in [2.75, 3.05) is 26.2 Å². The van der Waals surface area contributed by atoms with Crippen LogP contribution in [0.3, 0.4) is 0 Å². The summed E-state index contributed by atoms with van der Waals surface area (Å²) >= 11 is 0. The van der Waals surface area contributed by atoms with Gasteiger partial charge in [0.25, 0.3) is 0 Å². The summed E-state index contributed by atoms with van der Waals surface area (Å²) in [5.74, 6) is 0. The summed E-state index contributed by atoms with van der Waals surface area (Å²) in [6.07, 6.45) is 2.75. The molecule has 2 rings (SSSR count). The molecule has 0 aliphatic carbocycles. The Morgan fingerprint density at radius 1 is 1.40 bits per heavy atom. The summed E-state index contributed by atoms with van der Waals surface area (Å²) in [6.45, 7) is 10.8. The van der Waals surface area contributed by atoms with Crippen LogP contribution in [0, 0.1) is 0 Å². The highest BCUT2D eigenvalue weighted by Gasteiger charge is 2.31. The molecule has 0 saturated carbocycles. The Bertz CT molecular complexity index is 212. The molecule has 0 bridgehead atoms. The van der Waals surface area contributed by atoms with E-state index in [2.05, 4.69) is 31.0 Å². The van der Waals surface area contributed by atoms with E-state index in [0.717, 1.165) is 19.2 Å². The third-order valence-electron chi connectivity index (χ3n) is 3.31. The number of ether oxygens (including phenoxy) is 1. The summed E-state index contributed by atoms with van der Waals surface area (Å²) in [5, 5.41) is 3.60. The largest absolute Gasteiger partial charge is 0.374 e. The van der Waals surface area contributed by atoms with E-state index < -0.39 is 0 Å². The highest BCUT2D eigenvalue weighted by Crippen LogP contribution is 2.20. The second-order valence-corrected chi connectivity index (χ2v) is 5.82. The molecule has 2 heterocycles. The molecule has 0 aromatic heterocycles. The Kier molecular flexibility index (Phi) is 3.33. The summed E-state index contributed by atoms with van der Waals surface area (Å²) < 4.78 is 5.83. The number of nitrogens with one attached hydrogen (secondary N) is 1. The van der Waals surface area contributed by atoms with E-state index in [0.29, 0.717) is 6.04 Å². The van der Waals surface area contributed by atoms with Crippen LogP contribution in [-0.4, -0.2) is 48.8 Å². The van der Waals surface area contributed by atoms with Gasteiger partial charge in [0.15, 0.2) is 0 Å². The van der Waals surface area contributed by atoms with Crippen molar-refractivity contribution in [1.82, 2.24) is 10.2 Å². The maximum atomic E-state index is 5.83. The van der Waals surface area contributed by atoms with Gasteiger partial charge < -0.3 is 10.1 Å². The van der Waals surface area contributed by atoms with E-state index in [1.807, 2.05) is 0 Å². The molecule has 0 aromatic rings. The normalized spacial score (nSPS) is 33.0. The van der Waals surface area contributed by atoms with Gasteiger partial charge in [0.2, 0.25) is 0 Å². The van der Waals surface area contributed by atoms with E-state index in [-0.39, 0.29) is 5.60 Å². The molecule has 3 heteroatoms. The van der Waals surface area contributed by atoms with Gasteiger partial charge in [-0.25, -0.2) is 0 Å². The Labute approximate surface area is 93.2 Å². The van der Waals surface area contributed by atoms with Crippen LogP contribution in [0.1, 0.15) is 33.6 Å². The van der Waals surface area contributed by atoms with Crippen molar-refractivity contribution in [3.05, 3.63) is 0 Å². The highest BCUT2D eigenvalue weighted by atomic mass is 16.5. The Morgan fingerprint density at radius 2 is 2.20 bits per heavy atom. The lowest BCUT2D eigenvalue weighted by Gasteiger charge is -2.37. The zero-order chi connectivity index (χ0) is 10.9. The molecule has 0 unspecified atom stereocenters. The second kappa shape index (κ2) is 4.40. The molecular formula is C12H24N2O. The van der Waals surface area contributed by atoms with E-state index in [1.54, 1.807) is 0 Å². The lowest BCUT2D eigenvalue weighted by atomic mass is 10.1. The number of rotatable bonds is 2. The third-order valence-corrected chi connectivity index (χ3v) is 3.31. The Hall–Kier alpha value is -0.120. The van der Waals surface area contributed by atoms with Crippen LogP contribution in [0.4, 0.5) is 0 Å². The fourth-order valence-electron chi connectivity index (χ4n) is 2.48. The monoisotopic (exact) mass is 212 g/mol. The van der Waals surface area contributed by atoms with Gasteiger partial charge in [-0.2, -0.15) is 0 Å². The summed E-state index contributed by atoms with van der Waals surface area (Å²) in [5.41, 5.74) is -0.0104. The van der Waals surface area contributed by atoms with Crippen molar-refractivity contribution in [3.63, 3.8) is 0 Å². The van der Waals surface area contributed by atoms with Gasteiger partial charge in [0.05, 0.1) is 12.2 Å². The van der Waals surface area contributed by atoms with E-state index in [4.69, 9.17) is 4.74 Å². The van der Waals surface area contributed by atoms with Crippen LogP contribution in [-0.2, 0) is 4.74 Å². The van der Waals surface area contributed by atoms with Crippen molar-refractivity contribution in [1.29, 1.82) is 0 Å². The second-order valence-electron chi connectivity index (χ2n) is 5.82. The molecule has 0 aromatic carbocycles. The van der Waals surface area contributed by atoms with Gasteiger partial charge in [-0.3, -0.25) is 4.90 Å². The average Bonchev–Trinajstić information content (AvgIpc) is 2.60. The molecule has 2 saturated heterocycles. The standard InChI is InChI=1S/C12H24N2O/c1-12(2,3)15-9-10-8-14-6-4-5-11(14)7-13-10/h10-11,13H,4-9H2,1-3H3/t10-,11-/m1/s1. The zero-order valence-corrected chi connectivity index (χ0v) is 10.3. The minimum Gasteiger partial charge on any atom is -0.374 e. The summed E-state index contributed by atoms with van der Waals surface area (Å²) in [6, 6.07) is 1.33. The van der Waals surface area contributed by atoms with E-state index in [9.17, 15) is 0 Å². The topological polar surface area (TPSA) is 24.5 Å². The van der Waals surface area contributed by atoms with Gasteiger partial charge >= 0.3 is 0 Å². The lowest BCUT2D eigenvalue weighted by molar-refractivity contribution is -0.0248. The predicted molar refractivity (Wildman–Crippen MR) is 62.1 cm³/mol. The third kappa shape index (κ3) is 3.16. The minimum absolute atomic E-state index is 0.0104. The molecule has 1 N–H and O–H groups in total. The molecular weight excluding hydrogens is 188 g/mol. The molecule has 3 nitrogen and oxygen atoms in total. The minimum atomic E-state index is -0.0104. The van der Waals surface area contributed by atoms with Gasteiger partial charge in [-0.15, -0.1) is 0 Å². The summed E-state index contributed by atoms with van der Waals surface area (Å²) in [4.78, 5) is 2.62. The zero-order valence-electron chi connectivity index (χ0n) is 10.3. The van der Waals surface area contributed by atoms with Gasteiger partial charge in [-0.05, 0) is 40.2 Å². The van der Waals surface area contributed by atoms with E-state index in [1.165, 1.54) is 25.9 Å². The highest BCUT2D eigenvalue weighted by molar-refractivity contribution is 4.90. The van der Waals surface area contributed by atoms with Crippen molar-refractivity contribution >= 4 is 0 Å². The average molecular weight is 212 g/mol. The number of hydrogen-bond donors (Lipinski definition) is 1. The van der Waals surface area contributed by atoms with Crippen LogP contribution in [0.15, 0.2) is 0 Å². The quantitative estimate of drug-likeness (QED) is 0.745. The summed E-state index contributed by atoms with van der Waals surface area (Å²) in [7, 11) is 0. The van der Waals surface area contributed by atoms with Crippen LogP contribution in [0.25, 0.3) is 0 Å². The Morgan fingerprint density at radius 3 is 2.93 bits per heavy atom. The molecule has 2 aliphatic rings. The number of nitrogens with zero attached hydrogens (tertiary/aromatic N) is 1. The fourth-order valence-corrected chi connectivity index (χ4v) is 2.48. The van der Waals surface area contributed by atoms with Crippen molar-refractivity contribution < 1.29 is 4.74 Å². The molecule has 0 radical (unpaired) electrons. The van der Waals surface area contributed by atoms with Crippen LogP contribution in [0.5, 0.6) is 0 Å². The number of fused-ring (bicyclic) bond motifs is 1. The maximum Gasteiger partial charge on any atom is 0.0639 e. The predicted octanol–water partition coefficient (Wildman–Crippen LogP) is 1.24. The molecule has 15 heavy (non-hydrogen) atoms. The number of hydrogen-bond acceptors (Lipinski definition) is 3. The molecule has 2 aliphatic heterocycles. The van der Waals surface area contributed by atoms with Crippen LogP contribution in [0.2, 0.25) is 0 Å². The van der Waals surface area contributed by atoms with Crippen LogP contribution < -0.4 is 5.32 Å². The maximum absolute atomic E-state index is 5.83. The van der Waals surface area contributed by atoms with Gasteiger partial charge in [0, 0.05) is 25.2 Å². The molecule has 2 fully saturated rings. The number of piperazine rings is 1. The van der Waals surface area contributed by atoms with E-state index >= 15 is 0 Å². The smallest absolute Gasteiger partial charge is 0.0639 e. The van der Waals surface area contributed by atoms with Crippen molar-refractivity contribution in [2.45, 2.75) is 51.3 Å². The van der Waals surface area contributed by atoms with Gasteiger partial charge in [-0.1, -0.05) is 0 Å². The van der Waals surface area contributed by atoms with Crippen molar-refractivity contribution in [2.24, 2.45) is 0 Å². The molecule has 88 valence electrons. The first-order chi connectivity index (χ1) is 7.04. The van der Waals surface area contributed by atoms with Crippen LogP contribution >= 0.6 is 0 Å². The lowest BCUT2D eigenvalue weighted by Crippen LogP contribution is -2.55. The molecule has 2 atom stereocenters. The van der Waals surface area contributed by atoms with Crippen molar-refractivity contribution in [3.8, 4) is 0 Å². The molecule has 0 amide bonds. The first kappa shape index (κ1) is 11.4. The first-order valence-corrected chi connectivity index (χ1v) is 6.16. The SMILES string of the molecule is CC(C)(C)OC[C@H]1CN2CCC[C@@H]2CN1. The first-order valence-electron chi connectivity index (χ1n) is 6.16. The van der Waals surface area contributed by atoms with Gasteiger partial charge in [0.1, 0.15) is 0 Å². The molecule has 0 spiro atoms. The fraction of sp³-hybridized carbons (Fsp3) is 1.00.